The van der Waals surface area contributed by atoms with E-state index in [0.29, 0.717) is 0 Å². The van der Waals surface area contributed by atoms with Gasteiger partial charge in [0.1, 0.15) is 14.1 Å². The number of hydrogen-bond donors (Lipinski definition) is 0. The van der Waals surface area contributed by atoms with Gasteiger partial charge in [-0.15, -0.1) is 0 Å². The van der Waals surface area contributed by atoms with Crippen LogP contribution >= 0.6 is 15.9 Å². The molecular weight excluding hydrogens is 276 g/mol. The largest absolute Gasteiger partial charge is 0.383 e. The van der Waals surface area contributed by atoms with E-state index in [1.165, 1.54) is 16.7 Å². The van der Waals surface area contributed by atoms with Crippen molar-refractivity contribution in [2.75, 3.05) is 28.2 Å². The maximum absolute atomic E-state index is 3.46. The first-order valence-electron chi connectivity index (χ1n) is 5.57. The van der Waals surface area contributed by atoms with Crippen LogP contribution in [0.5, 0.6) is 0 Å². The first kappa shape index (κ1) is 14.0. The Hall–Kier alpha value is -1.09. The van der Waals surface area contributed by atoms with Gasteiger partial charge in [0.2, 0.25) is 0 Å². The Morgan fingerprint density at radius 2 is 1.82 bits per heavy atom. The van der Waals surface area contributed by atoms with Crippen LogP contribution in [-0.4, -0.2) is 43.9 Å². The minimum atomic E-state index is 0.900. The van der Waals surface area contributed by atoms with Gasteiger partial charge < -0.3 is 4.90 Å². The Morgan fingerprint density at radius 1 is 1.24 bits per heavy atom. The second-order valence-corrected chi connectivity index (χ2v) is 5.03. The summed E-state index contributed by atoms with van der Waals surface area (Å²) in [5.74, 6) is 0. The average Bonchev–Trinajstić information content (AvgIpc) is 2.27. The molecule has 1 rings (SSSR count). The van der Waals surface area contributed by atoms with Crippen molar-refractivity contribution in [2.45, 2.75) is 5.33 Å². The van der Waals surface area contributed by atoms with Crippen molar-refractivity contribution in [3.8, 4) is 0 Å². The predicted octanol–water partition coefficient (Wildman–Crippen LogP) is 2.83. The Labute approximate surface area is 112 Å². The van der Waals surface area contributed by atoms with Crippen LogP contribution in [0.1, 0.15) is 11.1 Å². The van der Waals surface area contributed by atoms with Crippen LogP contribution in [0.15, 0.2) is 30.5 Å². The molecule has 0 aliphatic carbocycles. The van der Waals surface area contributed by atoms with Gasteiger partial charge in [0, 0.05) is 25.6 Å². The molecule has 0 heterocycles. The SMILES string of the molecule is CN(C)/C=C(/C=[N+](C)C)c1ccc(CBr)cc1. The molecule has 3 heteroatoms. The molecule has 0 unspecified atom stereocenters. The van der Waals surface area contributed by atoms with Crippen LogP contribution in [-0.2, 0) is 5.33 Å². The van der Waals surface area contributed by atoms with Gasteiger partial charge in [-0.1, -0.05) is 40.2 Å². The lowest BCUT2D eigenvalue weighted by molar-refractivity contribution is -0.458. The zero-order valence-electron chi connectivity index (χ0n) is 10.9. The van der Waals surface area contributed by atoms with E-state index in [1.54, 1.807) is 0 Å². The molecule has 0 aromatic heterocycles. The fourth-order valence-electron chi connectivity index (χ4n) is 1.53. The molecule has 0 radical (unpaired) electrons. The molecule has 0 atom stereocenters. The summed E-state index contributed by atoms with van der Waals surface area (Å²) in [6, 6.07) is 8.62. The van der Waals surface area contributed by atoms with Gasteiger partial charge in [-0.05, 0) is 11.1 Å². The number of halogens is 1. The second-order valence-electron chi connectivity index (χ2n) is 4.47. The van der Waals surface area contributed by atoms with Crippen molar-refractivity contribution in [3.05, 3.63) is 41.6 Å². The Bertz CT molecular complexity index is 412. The van der Waals surface area contributed by atoms with Crippen molar-refractivity contribution in [1.82, 2.24) is 4.90 Å². The highest BCUT2D eigenvalue weighted by Gasteiger charge is 2.03. The molecule has 17 heavy (non-hydrogen) atoms. The van der Waals surface area contributed by atoms with Gasteiger partial charge >= 0.3 is 0 Å². The third-order valence-electron chi connectivity index (χ3n) is 2.24. The minimum absolute atomic E-state index is 0.900. The highest BCUT2D eigenvalue weighted by atomic mass is 79.9. The van der Waals surface area contributed by atoms with Gasteiger partial charge in [-0.3, -0.25) is 0 Å². The van der Waals surface area contributed by atoms with Crippen LogP contribution < -0.4 is 0 Å². The molecule has 0 bridgehead atoms. The maximum atomic E-state index is 3.46. The summed E-state index contributed by atoms with van der Waals surface area (Å²) in [6.07, 6.45) is 4.26. The molecule has 0 fully saturated rings. The fourth-order valence-corrected chi connectivity index (χ4v) is 1.90. The lowest BCUT2D eigenvalue weighted by Crippen LogP contribution is -2.07. The molecule has 0 spiro atoms. The first-order valence-corrected chi connectivity index (χ1v) is 6.70. The van der Waals surface area contributed by atoms with E-state index in [-0.39, 0.29) is 0 Å². The van der Waals surface area contributed by atoms with Crippen molar-refractivity contribution in [3.63, 3.8) is 0 Å². The minimum Gasteiger partial charge on any atom is -0.383 e. The number of benzene rings is 1. The predicted molar refractivity (Wildman–Crippen MR) is 78.9 cm³/mol. The summed E-state index contributed by atoms with van der Waals surface area (Å²) < 4.78 is 2.06. The normalized spacial score (nSPS) is 11.2. The number of rotatable bonds is 4. The third-order valence-corrected chi connectivity index (χ3v) is 2.88. The highest BCUT2D eigenvalue weighted by molar-refractivity contribution is 9.08. The van der Waals surface area contributed by atoms with Crippen LogP contribution in [0.3, 0.4) is 0 Å². The van der Waals surface area contributed by atoms with Crippen molar-refractivity contribution < 1.29 is 4.58 Å². The van der Waals surface area contributed by atoms with Gasteiger partial charge in [-0.25, -0.2) is 4.58 Å². The van der Waals surface area contributed by atoms with E-state index in [2.05, 4.69) is 62.1 Å². The molecule has 0 saturated carbocycles. The molecule has 0 N–H and O–H groups in total. The Balaban J connectivity index is 3.09. The van der Waals surface area contributed by atoms with Gasteiger partial charge in [0.05, 0.1) is 5.57 Å². The van der Waals surface area contributed by atoms with Crippen LogP contribution in [0, 0.1) is 0 Å². The smallest absolute Gasteiger partial charge is 0.172 e. The Kier molecular flexibility index (Phi) is 5.42. The lowest BCUT2D eigenvalue weighted by atomic mass is 10.1. The number of alkyl halides is 1. The van der Waals surface area contributed by atoms with Crippen LogP contribution in [0.25, 0.3) is 5.57 Å². The summed E-state index contributed by atoms with van der Waals surface area (Å²) in [5.41, 5.74) is 3.74. The quantitative estimate of drug-likeness (QED) is 0.470. The first-order chi connectivity index (χ1) is 8.02. The molecule has 0 aliphatic heterocycles. The summed E-state index contributed by atoms with van der Waals surface area (Å²) in [4.78, 5) is 2.06. The molecule has 0 aliphatic rings. The van der Waals surface area contributed by atoms with E-state index in [1.807, 2.05) is 28.2 Å². The zero-order chi connectivity index (χ0) is 12.8. The maximum Gasteiger partial charge on any atom is 0.172 e. The van der Waals surface area contributed by atoms with Crippen molar-refractivity contribution in [2.24, 2.45) is 0 Å². The topological polar surface area (TPSA) is 6.25 Å². The third kappa shape index (κ3) is 4.73. The van der Waals surface area contributed by atoms with E-state index in [4.69, 9.17) is 0 Å². The number of hydrogen-bond acceptors (Lipinski definition) is 1. The van der Waals surface area contributed by atoms with Crippen molar-refractivity contribution in [1.29, 1.82) is 0 Å². The molecule has 0 saturated heterocycles. The number of nitrogens with zero attached hydrogens (tertiary/aromatic N) is 2. The summed E-state index contributed by atoms with van der Waals surface area (Å²) in [5, 5.41) is 0.900. The monoisotopic (exact) mass is 295 g/mol. The summed E-state index contributed by atoms with van der Waals surface area (Å²) >= 11 is 3.46. The molecule has 2 nitrogen and oxygen atoms in total. The van der Waals surface area contributed by atoms with E-state index in [0.717, 1.165) is 5.33 Å². The standard InChI is InChI=1S/C14H20BrN2/c1-16(2)10-14(11-17(3)4)13-7-5-12(9-15)6-8-13/h5-8,10-11H,9H2,1-4H3/q+1. The molecular formula is C14H20BrN2+. The number of allylic oxidation sites excluding steroid dienone is 1. The summed E-state index contributed by atoms with van der Waals surface area (Å²) in [6.45, 7) is 0. The summed E-state index contributed by atoms with van der Waals surface area (Å²) in [7, 11) is 8.15. The Morgan fingerprint density at radius 3 is 2.24 bits per heavy atom. The lowest BCUT2D eigenvalue weighted by Gasteiger charge is -2.08. The van der Waals surface area contributed by atoms with Gasteiger partial charge in [0.15, 0.2) is 6.21 Å². The van der Waals surface area contributed by atoms with E-state index >= 15 is 0 Å². The van der Waals surface area contributed by atoms with Crippen LogP contribution in [0.4, 0.5) is 0 Å². The highest BCUT2D eigenvalue weighted by Crippen LogP contribution is 2.15. The van der Waals surface area contributed by atoms with E-state index in [9.17, 15) is 0 Å². The van der Waals surface area contributed by atoms with Crippen molar-refractivity contribution >= 4 is 27.7 Å². The second kappa shape index (κ2) is 6.60. The molecule has 1 aromatic rings. The fraction of sp³-hybridized carbons (Fsp3) is 0.357. The van der Waals surface area contributed by atoms with Gasteiger partial charge in [-0.2, -0.15) is 0 Å². The van der Waals surface area contributed by atoms with E-state index < -0.39 is 0 Å². The molecule has 0 amide bonds. The van der Waals surface area contributed by atoms with Gasteiger partial charge in [0.25, 0.3) is 0 Å². The average molecular weight is 296 g/mol. The molecule has 1 aromatic carbocycles. The van der Waals surface area contributed by atoms with Crippen LogP contribution in [0.2, 0.25) is 0 Å². The zero-order valence-corrected chi connectivity index (χ0v) is 12.5. The molecule has 92 valence electrons.